The van der Waals surface area contributed by atoms with Crippen molar-refractivity contribution in [3.63, 3.8) is 0 Å². The van der Waals surface area contributed by atoms with Crippen LogP contribution in [-0.4, -0.2) is 51.0 Å². The predicted molar refractivity (Wildman–Crippen MR) is 131 cm³/mol. The molecule has 2 rings (SSSR count). The lowest BCUT2D eigenvalue weighted by molar-refractivity contribution is -0.140. The van der Waals surface area contributed by atoms with Gasteiger partial charge in [-0.05, 0) is 50.1 Å². The van der Waals surface area contributed by atoms with Gasteiger partial charge in [-0.2, -0.15) is 0 Å². The van der Waals surface area contributed by atoms with Gasteiger partial charge in [0, 0.05) is 31.0 Å². The molecule has 0 aliphatic heterocycles. The summed E-state index contributed by atoms with van der Waals surface area (Å²) < 4.78 is 26.8. The Balaban J connectivity index is 2.12. The average Bonchev–Trinajstić information content (AvgIpc) is 2.75. The Morgan fingerprint density at radius 2 is 1.66 bits per heavy atom. The van der Waals surface area contributed by atoms with Crippen LogP contribution in [0.25, 0.3) is 0 Å². The van der Waals surface area contributed by atoms with E-state index in [1.54, 1.807) is 19.1 Å². The van der Waals surface area contributed by atoms with Crippen LogP contribution < -0.4 is 9.62 Å². The number of rotatable bonds is 10. The SMILES string of the molecule is CNC(=O)[C@H](C)N(Cc1ccc(Br)cc1)C(=O)CCCN(c1ccc(C)cc1)S(C)(=O)=O. The number of halogens is 1. The first-order chi connectivity index (χ1) is 15.0. The fraction of sp³-hybridized carbons (Fsp3) is 0.391. The second-order valence-electron chi connectivity index (χ2n) is 7.71. The van der Waals surface area contributed by atoms with Crippen molar-refractivity contribution in [2.24, 2.45) is 0 Å². The lowest BCUT2D eigenvalue weighted by Gasteiger charge is -2.29. The zero-order chi connectivity index (χ0) is 23.9. The molecule has 174 valence electrons. The molecule has 0 spiro atoms. The van der Waals surface area contributed by atoms with Gasteiger partial charge in [-0.3, -0.25) is 13.9 Å². The average molecular weight is 524 g/mol. The molecule has 2 aromatic rings. The number of benzene rings is 2. The molecule has 2 amide bonds. The summed E-state index contributed by atoms with van der Waals surface area (Å²) in [6, 6.07) is 14.1. The van der Waals surface area contributed by atoms with E-state index in [0.29, 0.717) is 12.1 Å². The number of nitrogens with one attached hydrogen (secondary N) is 1. The lowest BCUT2D eigenvalue weighted by Crippen LogP contribution is -2.46. The first-order valence-electron chi connectivity index (χ1n) is 10.3. The third-order valence-corrected chi connectivity index (χ3v) is 6.88. The van der Waals surface area contributed by atoms with Gasteiger partial charge in [-0.25, -0.2) is 8.42 Å². The maximum absolute atomic E-state index is 13.1. The quantitative estimate of drug-likeness (QED) is 0.516. The van der Waals surface area contributed by atoms with Crippen molar-refractivity contribution in [3.05, 3.63) is 64.1 Å². The molecule has 0 bridgehead atoms. The molecule has 1 atom stereocenters. The van der Waals surface area contributed by atoms with Gasteiger partial charge >= 0.3 is 0 Å². The highest BCUT2D eigenvalue weighted by Crippen LogP contribution is 2.20. The Kier molecular flexibility index (Phi) is 9.27. The number of carbonyl (C=O) groups is 2. The lowest BCUT2D eigenvalue weighted by atomic mass is 10.1. The van der Waals surface area contributed by atoms with Crippen LogP contribution in [0.15, 0.2) is 53.0 Å². The highest BCUT2D eigenvalue weighted by atomic mass is 79.9. The van der Waals surface area contributed by atoms with Crippen LogP contribution in [0.3, 0.4) is 0 Å². The molecule has 32 heavy (non-hydrogen) atoms. The van der Waals surface area contributed by atoms with Crippen molar-refractivity contribution in [1.29, 1.82) is 0 Å². The molecule has 0 heterocycles. The molecular formula is C23H30BrN3O4S. The van der Waals surface area contributed by atoms with Gasteiger partial charge < -0.3 is 10.2 Å². The Hall–Kier alpha value is -2.39. The molecule has 7 nitrogen and oxygen atoms in total. The van der Waals surface area contributed by atoms with Gasteiger partial charge in [0.05, 0.1) is 11.9 Å². The van der Waals surface area contributed by atoms with Gasteiger partial charge in [-0.15, -0.1) is 0 Å². The standard InChI is InChI=1S/C23H30BrN3O4S/c1-17-7-13-21(14-8-17)27(32(4,30)31)15-5-6-22(28)26(18(2)23(29)25-3)16-19-9-11-20(24)12-10-19/h7-14,18H,5-6,15-16H2,1-4H3,(H,25,29)/t18-/m0/s1. The number of aryl methyl sites for hydroxylation is 1. The largest absolute Gasteiger partial charge is 0.357 e. The normalized spacial score (nSPS) is 12.2. The molecule has 0 aliphatic rings. The van der Waals surface area contributed by atoms with Crippen molar-refractivity contribution in [2.75, 3.05) is 24.2 Å². The fourth-order valence-electron chi connectivity index (χ4n) is 3.29. The summed E-state index contributed by atoms with van der Waals surface area (Å²) in [5.41, 5.74) is 2.50. The van der Waals surface area contributed by atoms with Crippen LogP contribution in [-0.2, 0) is 26.2 Å². The van der Waals surface area contributed by atoms with E-state index in [4.69, 9.17) is 0 Å². The Morgan fingerprint density at radius 1 is 1.06 bits per heavy atom. The molecule has 0 radical (unpaired) electrons. The van der Waals surface area contributed by atoms with Gasteiger partial charge in [0.2, 0.25) is 21.8 Å². The minimum Gasteiger partial charge on any atom is -0.357 e. The Labute approximate surface area is 199 Å². The van der Waals surface area contributed by atoms with Crippen molar-refractivity contribution in [1.82, 2.24) is 10.2 Å². The zero-order valence-electron chi connectivity index (χ0n) is 18.8. The Bertz CT molecular complexity index is 1020. The van der Waals surface area contributed by atoms with Crippen LogP contribution in [0.4, 0.5) is 5.69 Å². The maximum atomic E-state index is 13.1. The third kappa shape index (κ3) is 7.34. The smallest absolute Gasteiger partial charge is 0.242 e. The van der Waals surface area contributed by atoms with Gasteiger partial charge in [0.1, 0.15) is 6.04 Å². The number of sulfonamides is 1. The monoisotopic (exact) mass is 523 g/mol. The van der Waals surface area contributed by atoms with Gasteiger partial charge in [-0.1, -0.05) is 45.8 Å². The maximum Gasteiger partial charge on any atom is 0.242 e. The van der Waals surface area contributed by atoms with Crippen LogP contribution in [0.5, 0.6) is 0 Å². The first-order valence-corrected chi connectivity index (χ1v) is 13.0. The van der Waals surface area contributed by atoms with E-state index in [1.165, 1.54) is 16.3 Å². The van der Waals surface area contributed by atoms with Crippen LogP contribution in [0.1, 0.15) is 30.9 Å². The second-order valence-corrected chi connectivity index (χ2v) is 10.5. The topological polar surface area (TPSA) is 86.8 Å². The van der Waals surface area contributed by atoms with E-state index >= 15 is 0 Å². The van der Waals surface area contributed by atoms with Crippen molar-refractivity contribution < 1.29 is 18.0 Å². The van der Waals surface area contributed by atoms with Crippen LogP contribution in [0.2, 0.25) is 0 Å². The first kappa shape index (κ1) is 25.9. The highest BCUT2D eigenvalue weighted by molar-refractivity contribution is 9.10. The molecule has 0 unspecified atom stereocenters. The van der Waals surface area contributed by atoms with Crippen LogP contribution in [0, 0.1) is 6.92 Å². The summed E-state index contributed by atoms with van der Waals surface area (Å²) in [4.78, 5) is 26.8. The van der Waals surface area contributed by atoms with E-state index < -0.39 is 16.1 Å². The van der Waals surface area contributed by atoms with E-state index in [1.807, 2.05) is 43.3 Å². The molecule has 0 aliphatic carbocycles. The molecule has 0 saturated heterocycles. The van der Waals surface area contributed by atoms with Gasteiger partial charge in [0.25, 0.3) is 0 Å². The van der Waals surface area contributed by atoms with E-state index in [0.717, 1.165) is 21.9 Å². The number of hydrogen-bond donors (Lipinski definition) is 1. The highest BCUT2D eigenvalue weighted by Gasteiger charge is 2.26. The predicted octanol–water partition coefficient (Wildman–Crippen LogP) is 3.47. The summed E-state index contributed by atoms with van der Waals surface area (Å²) in [7, 11) is -1.96. The summed E-state index contributed by atoms with van der Waals surface area (Å²) in [5.74, 6) is -0.464. The Morgan fingerprint density at radius 3 is 2.19 bits per heavy atom. The van der Waals surface area contributed by atoms with Crippen molar-refractivity contribution >= 4 is 43.5 Å². The van der Waals surface area contributed by atoms with Crippen molar-refractivity contribution in [3.8, 4) is 0 Å². The molecule has 2 aromatic carbocycles. The number of carbonyl (C=O) groups excluding carboxylic acids is 2. The number of hydrogen-bond acceptors (Lipinski definition) is 4. The van der Waals surface area contributed by atoms with Gasteiger partial charge in [0.15, 0.2) is 0 Å². The van der Waals surface area contributed by atoms with E-state index in [-0.39, 0.29) is 31.3 Å². The summed E-state index contributed by atoms with van der Waals surface area (Å²) in [6.07, 6.45) is 1.61. The molecule has 0 aromatic heterocycles. The molecule has 1 N–H and O–H groups in total. The van der Waals surface area contributed by atoms with Crippen molar-refractivity contribution in [2.45, 2.75) is 39.3 Å². The molecular weight excluding hydrogens is 494 g/mol. The van der Waals surface area contributed by atoms with Crippen LogP contribution >= 0.6 is 15.9 Å². The fourth-order valence-corrected chi connectivity index (χ4v) is 4.52. The summed E-state index contributed by atoms with van der Waals surface area (Å²) in [6.45, 7) is 4.08. The summed E-state index contributed by atoms with van der Waals surface area (Å²) in [5, 5.41) is 2.59. The number of anilines is 1. The molecule has 0 fully saturated rings. The molecule has 9 heteroatoms. The number of likely N-dealkylation sites (N-methyl/N-ethyl adjacent to an activating group) is 1. The third-order valence-electron chi connectivity index (χ3n) is 5.15. The zero-order valence-corrected chi connectivity index (χ0v) is 21.2. The number of nitrogens with zero attached hydrogens (tertiary/aromatic N) is 2. The van der Waals surface area contributed by atoms with E-state index in [2.05, 4.69) is 21.2 Å². The second kappa shape index (κ2) is 11.5. The van der Waals surface area contributed by atoms with E-state index in [9.17, 15) is 18.0 Å². The number of amides is 2. The molecule has 0 saturated carbocycles. The summed E-state index contributed by atoms with van der Waals surface area (Å²) >= 11 is 3.39. The minimum atomic E-state index is -3.50. The minimum absolute atomic E-state index is 0.121.